The Kier molecular flexibility index (Phi) is 5.59. The first-order chi connectivity index (χ1) is 13.7. The smallest absolute Gasteiger partial charge is 0.241 e. The fourth-order valence-electron chi connectivity index (χ4n) is 3.29. The summed E-state index contributed by atoms with van der Waals surface area (Å²) in [5.41, 5.74) is 1.79. The highest BCUT2D eigenvalue weighted by Gasteiger charge is 2.20. The first-order valence-corrected chi connectivity index (χ1v) is 9.21. The van der Waals surface area contributed by atoms with Crippen LogP contribution in [-0.4, -0.2) is 58.2 Å². The van der Waals surface area contributed by atoms with E-state index in [0.717, 1.165) is 43.9 Å². The van der Waals surface area contributed by atoms with E-state index in [4.69, 9.17) is 9.26 Å². The Bertz CT molecular complexity index is 910. The standard InChI is InChI=1S/C20H22FN5O2/c1-27-18-5-4-15(11-17(18)21)13-25-7-9-26(10-8-25)14-19-23-20(24-28-19)16-3-2-6-22-12-16/h2-6,11-12H,7-10,13-14H2,1H3. The van der Waals surface area contributed by atoms with Gasteiger partial charge in [0.1, 0.15) is 0 Å². The molecule has 0 radical (unpaired) electrons. The van der Waals surface area contributed by atoms with E-state index in [9.17, 15) is 4.39 Å². The molecule has 0 amide bonds. The number of rotatable bonds is 6. The fourth-order valence-corrected chi connectivity index (χ4v) is 3.29. The van der Waals surface area contributed by atoms with Crippen LogP contribution in [0.1, 0.15) is 11.5 Å². The van der Waals surface area contributed by atoms with E-state index in [1.807, 2.05) is 18.2 Å². The van der Waals surface area contributed by atoms with Gasteiger partial charge in [-0.3, -0.25) is 14.8 Å². The lowest BCUT2D eigenvalue weighted by Gasteiger charge is -2.33. The molecule has 1 aliphatic heterocycles. The lowest BCUT2D eigenvalue weighted by atomic mass is 10.2. The average molecular weight is 383 g/mol. The van der Waals surface area contributed by atoms with Gasteiger partial charge in [-0.15, -0.1) is 0 Å². The Morgan fingerprint density at radius 2 is 1.89 bits per heavy atom. The zero-order valence-electron chi connectivity index (χ0n) is 15.7. The van der Waals surface area contributed by atoms with Crippen LogP contribution in [0, 0.1) is 5.82 Å². The number of nitrogens with zero attached hydrogens (tertiary/aromatic N) is 5. The van der Waals surface area contributed by atoms with Crippen LogP contribution in [-0.2, 0) is 13.1 Å². The minimum absolute atomic E-state index is 0.277. The third-order valence-electron chi connectivity index (χ3n) is 4.83. The summed E-state index contributed by atoms with van der Waals surface area (Å²) >= 11 is 0. The molecule has 3 aromatic rings. The lowest BCUT2D eigenvalue weighted by Crippen LogP contribution is -2.45. The summed E-state index contributed by atoms with van der Waals surface area (Å²) in [4.78, 5) is 13.1. The number of hydrogen-bond donors (Lipinski definition) is 0. The van der Waals surface area contributed by atoms with E-state index < -0.39 is 0 Å². The molecule has 28 heavy (non-hydrogen) atoms. The minimum atomic E-state index is -0.320. The Morgan fingerprint density at radius 1 is 1.11 bits per heavy atom. The van der Waals surface area contributed by atoms with Crippen LogP contribution in [0.15, 0.2) is 47.2 Å². The zero-order chi connectivity index (χ0) is 19.3. The van der Waals surface area contributed by atoms with Crippen molar-refractivity contribution in [1.29, 1.82) is 0 Å². The highest BCUT2D eigenvalue weighted by atomic mass is 19.1. The van der Waals surface area contributed by atoms with Crippen molar-refractivity contribution >= 4 is 0 Å². The highest BCUT2D eigenvalue weighted by Crippen LogP contribution is 2.20. The van der Waals surface area contributed by atoms with Gasteiger partial charge in [0, 0.05) is 50.7 Å². The van der Waals surface area contributed by atoms with Crippen molar-refractivity contribution < 1.29 is 13.7 Å². The monoisotopic (exact) mass is 383 g/mol. The van der Waals surface area contributed by atoms with Crippen molar-refractivity contribution in [3.63, 3.8) is 0 Å². The summed E-state index contributed by atoms with van der Waals surface area (Å²) in [6.45, 7) is 4.93. The summed E-state index contributed by atoms with van der Waals surface area (Å²) in [7, 11) is 1.47. The second kappa shape index (κ2) is 8.45. The average Bonchev–Trinajstić information content (AvgIpc) is 3.19. The van der Waals surface area contributed by atoms with Gasteiger partial charge in [-0.05, 0) is 29.8 Å². The molecule has 0 spiro atoms. The Balaban J connectivity index is 1.29. The van der Waals surface area contributed by atoms with Crippen molar-refractivity contribution in [2.45, 2.75) is 13.1 Å². The van der Waals surface area contributed by atoms with Crippen molar-refractivity contribution in [2.75, 3.05) is 33.3 Å². The van der Waals surface area contributed by atoms with Crippen LogP contribution in [0.3, 0.4) is 0 Å². The summed E-state index contributed by atoms with van der Waals surface area (Å²) in [5, 5.41) is 4.04. The molecule has 0 saturated carbocycles. The molecule has 7 nitrogen and oxygen atoms in total. The van der Waals surface area contributed by atoms with Gasteiger partial charge in [0.2, 0.25) is 11.7 Å². The largest absolute Gasteiger partial charge is 0.494 e. The van der Waals surface area contributed by atoms with E-state index in [2.05, 4.69) is 24.9 Å². The van der Waals surface area contributed by atoms with Gasteiger partial charge in [-0.1, -0.05) is 11.2 Å². The molecule has 146 valence electrons. The first-order valence-electron chi connectivity index (χ1n) is 9.21. The van der Waals surface area contributed by atoms with Gasteiger partial charge in [-0.2, -0.15) is 4.98 Å². The summed E-state index contributed by atoms with van der Waals surface area (Å²) in [6, 6.07) is 8.88. The molecule has 1 aliphatic rings. The molecule has 0 unspecified atom stereocenters. The van der Waals surface area contributed by atoms with Gasteiger partial charge in [0.15, 0.2) is 11.6 Å². The minimum Gasteiger partial charge on any atom is -0.494 e. The maximum Gasteiger partial charge on any atom is 0.241 e. The third-order valence-corrected chi connectivity index (χ3v) is 4.83. The SMILES string of the molecule is COc1ccc(CN2CCN(Cc3nc(-c4cccnc4)no3)CC2)cc1F. The predicted molar refractivity (Wildman–Crippen MR) is 101 cm³/mol. The molecule has 8 heteroatoms. The van der Waals surface area contributed by atoms with Gasteiger partial charge in [-0.25, -0.2) is 4.39 Å². The quantitative estimate of drug-likeness (QED) is 0.648. The number of halogens is 1. The molecule has 3 heterocycles. The van der Waals surface area contributed by atoms with Gasteiger partial charge >= 0.3 is 0 Å². The fraction of sp³-hybridized carbons (Fsp3) is 0.350. The molecular formula is C20H22FN5O2. The van der Waals surface area contributed by atoms with Crippen molar-refractivity contribution in [3.8, 4) is 17.1 Å². The topological polar surface area (TPSA) is 67.5 Å². The maximum absolute atomic E-state index is 13.9. The normalized spacial score (nSPS) is 15.6. The molecule has 0 atom stereocenters. The van der Waals surface area contributed by atoms with Crippen LogP contribution in [0.5, 0.6) is 5.75 Å². The van der Waals surface area contributed by atoms with E-state index in [0.29, 0.717) is 18.3 Å². The van der Waals surface area contributed by atoms with E-state index in [1.54, 1.807) is 24.5 Å². The van der Waals surface area contributed by atoms with Crippen LogP contribution in [0.4, 0.5) is 4.39 Å². The third kappa shape index (κ3) is 4.35. The Labute approximate surface area is 162 Å². The van der Waals surface area contributed by atoms with E-state index >= 15 is 0 Å². The molecule has 4 rings (SSSR count). The second-order valence-corrected chi connectivity index (χ2v) is 6.77. The number of methoxy groups -OCH3 is 1. The molecule has 1 fully saturated rings. The van der Waals surface area contributed by atoms with Gasteiger partial charge < -0.3 is 9.26 Å². The van der Waals surface area contributed by atoms with Crippen LogP contribution in [0.25, 0.3) is 11.4 Å². The second-order valence-electron chi connectivity index (χ2n) is 6.77. The first kappa shape index (κ1) is 18.5. The summed E-state index contributed by atoms with van der Waals surface area (Å²) in [5.74, 6) is 1.12. The highest BCUT2D eigenvalue weighted by molar-refractivity contribution is 5.51. The number of pyridine rings is 1. The van der Waals surface area contributed by atoms with Crippen LogP contribution < -0.4 is 4.74 Å². The van der Waals surface area contributed by atoms with Crippen molar-refractivity contribution in [3.05, 3.63) is 60.0 Å². The van der Waals surface area contributed by atoms with Gasteiger partial charge in [0.05, 0.1) is 13.7 Å². The maximum atomic E-state index is 13.9. The molecule has 2 aromatic heterocycles. The van der Waals surface area contributed by atoms with Crippen molar-refractivity contribution in [2.24, 2.45) is 0 Å². The van der Waals surface area contributed by atoms with Gasteiger partial charge in [0.25, 0.3) is 0 Å². The number of aromatic nitrogens is 3. The van der Waals surface area contributed by atoms with Crippen LogP contribution in [0.2, 0.25) is 0 Å². The Hall–Kier alpha value is -2.84. The number of hydrogen-bond acceptors (Lipinski definition) is 7. The number of ether oxygens (including phenoxy) is 1. The molecule has 0 aliphatic carbocycles. The predicted octanol–water partition coefficient (Wildman–Crippen LogP) is 2.60. The Morgan fingerprint density at radius 3 is 2.57 bits per heavy atom. The van der Waals surface area contributed by atoms with Crippen molar-refractivity contribution in [1.82, 2.24) is 24.9 Å². The molecule has 1 saturated heterocycles. The zero-order valence-corrected chi connectivity index (χ0v) is 15.7. The van der Waals surface area contributed by atoms with E-state index in [-0.39, 0.29) is 11.6 Å². The number of benzene rings is 1. The number of piperazine rings is 1. The molecular weight excluding hydrogens is 361 g/mol. The molecule has 0 N–H and O–H groups in total. The van der Waals surface area contributed by atoms with E-state index in [1.165, 1.54) is 7.11 Å². The molecule has 1 aromatic carbocycles. The van der Waals surface area contributed by atoms with Crippen LogP contribution >= 0.6 is 0 Å². The summed E-state index contributed by atoms with van der Waals surface area (Å²) in [6.07, 6.45) is 3.43. The summed E-state index contributed by atoms with van der Waals surface area (Å²) < 4.78 is 24.2. The lowest BCUT2D eigenvalue weighted by molar-refractivity contribution is 0.112. The molecule has 0 bridgehead atoms.